The molecule has 96 valence electrons. The van der Waals surface area contributed by atoms with Gasteiger partial charge < -0.3 is 10.7 Å². The summed E-state index contributed by atoms with van der Waals surface area (Å²) < 4.78 is 39.1. The largest absolute Gasteiger partial charge is 0.399 e. The van der Waals surface area contributed by atoms with E-state index in [1.54, 1.807) is 6.20 Å². The van der Waals surface area contributed by atoms with E-state index in [1.165, 1.54) is 12.3 Å². The number of aromatic amines is 1. The number of sulfonamides is 1. The van der Waals surface area contributed by atoms with Gasteiger partial charge in [-0.1, -0.05) is 0 Å². The van der Waals surface area contributed by atoms with Crippen LogP contribution in [0.15, 0.2) is 35.5 Å². The maximum Gasteiger partial charge on any atom is 0.241 e. The van der Waals surface area contributed by atoms with Crippen molar-refractivity contribution >= 4 is 15.7 Å². The van der Waals surface area contributed by atoms with Crippen molar-refractivity contribution in [2.24, 2.45) is 0 Å². The van der Waals surface area contributed by atoms with E-state index >= 15 is 0 Å². The minimum absolute atomic E-state index is 0.00818. The van der Waals surface area contributed by atoms with Crippen molar-refractivity contribution < 1.29 is 12.8 Å². The molecule has 0 aliphatic carbocycles. The first-order valence-electron chi connectivity index (χ1n) is 5.01. The van der Waals surface area contributed by atoms with Crippen molar-refractivity contribution in [1.82, 2.24) is 14.7 Å². The van der Waals surface area contributed by atoms with E-state index in [4.69, 9.17) is 5.73 Å². The number of benzene rings is 1. The van der Waals surface area contributed by atoms with Crippen molar-refractivity contribution in [2.45, 2.75) is 11.4 Å². The minimum Gasteiger partial charge on any atom is -0.399 e. The Labute approximate surface area is 103 Å². The number of rotatable bonds is 4. The van der Waals surface area contributed by atoms with Gasteiger partial charge in [0.05, 0.1) is 11.4 Å². The van der Waals surface area contributed by atoms with Gasteiger partial charge in [-0.2, -0.15) is 0 Å². The predicted molar refractivity (Wildman–Crippen MR) is 63.4 cm³/mol. The first-order chi connectivity index (χ1) is 8.47. The van der Waals surface area contributed by atoms with E-state index in [0.717, 1.165) is 12.1 Å². The van der Waals surface area contributed by atoms with Crippen molar-refractivity contribution in [3.63, 3.8) is 0 Å². The van der Waals surface area contributed by atoms with Gasteiger partial charge in [0.2, 0.25) is 10.0 Å². The molecule has 1 aromatic carbocycles. The molecule has 0 saturated heterocycles. The van der Waals surface area contributed by atoms with Crippen molar-refractivity contribution in [3.8, 4) is 0 Å². The first kappa shape index (κ1) is 12.5. The van der Waals surface area contributed by atoms with Crippen molar-refractivity contribution in [1.29, 1.82) is 0 Å². The Bertz CT molecular complexity index is 620. The standard InChI is InChI=1S/C10H11FN4O2S/c11-7-3-8(12)5-9(4-7)18(16,17)15-6-10-13-1-2-14-10/h1-5,15H,6,12H2,(H,13,14). The number of hydrogen-bond donors (Lipinski definition) is 3. The van der Waals surface area contributed by atoms with Crippen molar-refractivity contribution in [3.05, 3.63) is 42.2 Å². The molecule has 0 atom stereocenters. The number of H-pyrrole nitrogens is 1. The molecule has 2 rings (SSSR count). The molecular weight excluding hydrogens is 259 g/mol. The molecule has 0 aliphatic heterocycles. The van der Waals surface area contributed by atoms with Gasteiger partial charge in [0.15, 0.2) is 0 Å². The molecule has 1 heterocycles. The zero-order valence-electron chi connectivity index (χ0n) is 9.22. The van der Waals surface area contributed by atoms with E-state index in [-0.39, 0.29) is 17.1 Å². The monoisotopic (exact) mass is 270 g/mol. The molecule has 8 heteroatoms. The number of nitrogen functional groups attached to an aromatic ring is 1. The van der Waals surface area contributed by atoms with Gasteiger partial charge in [0.25, 0.3) is 0 Å². The van der Waals surface area contributed by atoms with Crippen LogP contribution in [-0.2, 0) is 16.6 Å². The van der Waals surface area contributed by atoms with E-state index in [9.17, 15) is 12.8 Å². The molecule has 2 aromatic rings. The van der Waals surface area contributed by atoms with E-state index in [0.29, 0.717) is 5.82 Å². The van der Waals surface area contributed by atoms with E-state index in [2.05, 4.69) is 14.7 Å². The van der Waals surface area contributed by atoms with E-state index < -0.39 is 15.8 Å². The summed E-state index contributed by atoms with van der Waals surface area (Å²) in [6.07, 6.45) is 3.08. The van der Waals surface area contributed by atoms with Crippen LogP contribution in [0, 0.1) is 5.82 Å². The second-order valence-electron chi connectivity index (χ2n) is 3.58. The molecule has 0 saturated carbocycles. The Balaban J connectivity index is 2.20. The Hall–Kier alpha value is -1.93. The predicted octanol–water partition coefficient (Wildman–Crippen LogP) is 0.609. The van der Waals surface area contributed by atoms with Gasteiger partial charge in [-0.15, -0.1) is 0 Å². The normalized spacial score (nSPS) is 11.6. The lowest BCUT2D eigenvalue weighted by molar-refractivity contribution is 0.576. The summed E-state index contributed by atoms with van der Waals surface area (Å²) in [5, 5.41) is 0. The molecule has 4 N–H and O–H groups in total. The van der Waals surface area contributed by atoms with Crippen LogP contribution in [0.4, 0.5) is 10.1 Å². The molecule has 6 nitrogen and oxygen atoms in total. The van der Waals surface area contributed by atoms with Crippen LogP contribution in [0.25, 0.3) is 0 Å². The Morgan fingerprint density at radius 2 is 2.17 bits per heavy atom. The number of nitrogens with two attached hydrogens (primary N) is 1. The highest BCUT2D eigenvalue weighted by atomic mass is 32.2. The minimum atomic E-state index is -3.81. The lowest BCUT2D eigenvalue weighted by Crippen LogP contribution is -2.24. The van der Waals surface area contributed by atoms with Gasteiger partial charge in [-0.05, 0) is 18.2 Å². The molecule has 0 amide bonds. The summed E-state index contributed by atoms with van der Waals surface area (Å²) in [4.78, 5) is 6.40. The SMILES string of the molecule is Nc1cc(F)cc(S(=O)(=O)NCc2ncc[nH]2)c1. The summed E-state index contributed by atoms with van der Waals surface area (Å²) in [5.74, 6) is -0.240. The van der Waals surface area contributed by atoms with Crippen LogP contribution in [0.2, 0.25) is 0 Å². The fraction of sp³-hybridized carbons (Fsp3) is 0.100. The fourth-order valence-electron chi connectivity index (χ4n) is 1.38. The van der Waals surface area contributed by atoms with Crippen LogP contribution < -0.4 is 10.5 Å². The number of anilines is 1. The zero-order chi connectivity index (χ0) is 13.2. The summed E-state index contributed by atoms with van der Waals surface area (Å²) in [6.45, 7) is -0.00818. The molecule has 0 bridgehead atoms. The number of imidazole rings is 1. The third-order valence-corrected chi connectivity index (χ3v) is 3.57. The lowest BCUT2D eigenvalue weighted by Gasteiger charge is -2.06. The fourth-order valence-corrected chi connectivity index (χ4v) is 2.43. The third kappa shape index (κ3) is 2.84. The summed E-state index contributed by atoms with van der Waals surface area (Å²) in [7, 11) is -3.81. The molecule has 1 aromatic heterocycles. The smallest absolute Gasteiger partial charge is 0.241 e. The zero-order valence-corrected chi connectivity index (χ0v) is 10.0. The van der Waals surface area contributed by atoms with Gasteiger partial charge in [0.1, 0.15) is 11.6 Å². The van der Waals surface area contributed by atoms with Gasteiger partial charge in [-0.25, -0.2) is 22.5 Å². The average Bonchev–Trinajstić information content (AvgIpc) is 2.78. The van der Waals surface area contributed by atoms with Gasteiger partial charge in [0, 0.05) is 18.1 Å². The Morgan fingerprint density at radius 1 is 1.39 bits per heavy atom. The Morgan fingerprint density at radius 3 is 2.78 bits per heavy atom. The number of nitrogens with zero attached hydrogens (tertiary/aromatic N) is 1. The van der Waals surface area contributed by atoms with Gasteiger partial charge >= 0.3 is 0 Å². The Kier molecular flexibility index (Phi) is 3.30. The quantitative estimate of drug-likeness (QED) is 0.708. The molecule has 18 heavy (non-hydrogen) atoms. The number of nitrogens with one attached hydrogen (secondary N) is 2. The summed E-state index contributed by atoms with van der Waals surface area (Å²) in [6, 6.07) is 3.14. The highest BCUT2D eigenvalue weighted by Crippen LogP contribution is 2.15. The topological polar surface area (TPSA) is 101 Å². The molecular formula is C10H11FN4O2S. The van der Waals surface area contributed by atoms with Gasteiger partial charge in [-0.3, -0.25) is 0 Å². The number of hydrogen-bond acceptors (Lipinski definition) is 4. The average molecular weight is 270 g/mol. The summed E-state index contributed by atoms with van der Waals surface area (Å²) >= 11 is 0. The maximum atomic E-state index is 13.1. The van der Waals surface area contributed by atoms with Crippen molar-refractivity contribution in [2.75, 3.05) is 5.73 Å². The highest BCUT2D eigenvalue weighted by molar-refractivity contribution is 7.89. The number of aromatic nitrogens is 2. The van der Waals surface area contributed by atoms with Crippen LogP contribution in [-0.4, -0.2) is 18.4 Å². The second-order valence-corrected chi connectivity index (χ2v) is 5.35. The molecule has 0 radical (unpaired) electrons. The molecule has 0 fully saturated rings. The molecule has 0 unspecified atom stereocenters. The van der Waals surface area contributed by atoms with Crippen LogP contribution >= 0.6 is 0 Å². The van der Waals surface area contributed by atoms with Crippen LogP contribution in [0.1, 0.15) is 5.82 Å². The molecule has 0 aliphatic rings. The number of halogens is 1. The lowest BCUT2D eigenvalue weighted by atomic mass is 10.3. The van der Waals surface area contributed by atoms with E-state index in [1.807, 2.05) is 0 Å². The van der Waals surface area contributed by atoms with Crippen LogP contribution in [0.5, 0.6) is 0 Å². The maximum absolute atomic E-state index is 13.1. The highest BCUT2D eigenvalue weighted by Gasteiger charge is 2.15. The van der Waals surface area contributed by atoms with Crippen LogP contribution in [0.3, 0.4) is 0 Å². The summed E-state index contributed by atoms with van der Waals surface area (Å²) in [5.41, 5.74) is 5.45. The molecule has 0 spiro atoms. The third-order valence-electron chi connectivity index (χ3n) is 2.19. The second kappa shape index (κ2) is 4.75. The first-order valence-corrected chi connectivity index (χ1v) is 6.50.